The molecule has 4 heteroatoms. The molecule has 1 N–H and O–H groups in total. The third-order valence-corrected chi connectivity index (χ3v) is 5.71. The predicted molar refractivity (Wildman–Crippen MR) is 111 cm³/mol. The molecular formula is C24H21ClO3. The number of ether oxygens (including phenoxy) is 1. The highest BCUT2D eigenvalue weighted by atomic mass is 35.5. The van der Waals surface area contributed by atoms with E-state index in [-0.39, 0.29) is 11.2 Å². The molecular weight excluding hydrogens is 372 g/mol. The minimum absolute atomic E-state index is 0.289. The molecule has 0 fully saturated rings. The average Bonchev–Trinajstić information content (AvgIpc) is 2.69. The quantitative estimate of drug-likeness (QED) is 0.589. The molecule has 0 aromatic heterocycles. The summed E-state index contributed by atoms with van der Waals surface area (Å²) in [7, 11) is 0. The van der Waals surface area contributed by atoms with Gasteiger partial charge >= 0.3 is 5.97 Å². The summed E-state index contributed by atoms with van der Waals surface area (Å²) in [5, 5.41) is 10.2. The van der Waals surface area contributed by atoms with Gasteiger partial charge in [0.15, 0.2) is 0 Å². The van der Waals surface area contributed by atoms with Gasteiger partial charge in [0.1, 0.15) is 11.4 Å². The maximum Gasteiger partial charge on any atom is 0.336 e. The Bertz CT molecular complexity index is 1040. The predicted octanol–water partition coefficient (Wildman–Crippen LogP) is 6.03. The molecule has 3 nitrogen and oxygen atoms in total. The Morgan fingerprint density at radius 1 is 1.11 bits per heavy atom. The smallest absolute Gasteiger partial charge is 0.336 e. The first-order valence-corrected chi connectivity index (χ1v) is 9.71. The van der Waals surface area contributed by atoms with Gasteiger partial charge in [-0.1, -0.05) is 60.1 Å². The molecule has 1 atom stereocenters. The van der Waals surface area contributed by atoms with Crippen molar-refractivity contribution in [2.45, 2.75) is 31.8 Å². The third kappa shape index (κ3) is 3.63. The van der Waals surface area contributed by atoms with Gasteiger partial charge in [0.2, 0.25) is 0 Å². The Morgan fingerprint density at radius 2 is 1.86 bits per heavy atom. The van der Waals surface area contributed by atoms with Crippen LogP contribution in [0.2, 0.25) is 5.02 Å². The van der Waals surface area contributed by atoms with Crippen molar-refractivity contribution in [2.75, 3.05) is 0 Å². The molecule has 3 aromatic carbocycles. The zero-order valence-electron chi connectivity index (χ0n) is 15.6. The minimum Gasteiger partial charge on any atom is -0.487 e. The molecule has 4 rings (SSSR count). The highest BCUT2D eigenvalue weighted by Crippen LogP contribution is 2.39. The maximum absolute atomic E-state index is 11.6. The monoisotopic (exact) mass is 392 g/mol. The fraction of sp³-hybridized carbons (Fsp3) is 0.208. The molecule has 1 heterocycles. The van der Waals surface area contributed by atoms with Gasteiger partial charge in [-0.05, 0) is 60.2 Å². The first kappa shape index (κ1) is 18.6. The van der Waals surface area contributed by atoms with E-state index in [1.807, 2.05) is 54.6 Å². The van der Waals surface area contributed by atoms with E-state index < -0.39 is 5.97 Å². The number of rotatable bonds is 4. The van der Waals surface area contributed by atoms with Crippen LogP contribution in [0.15, 0.2) is 66.7 Å². The fourth-order valence-corrected chi connectivity index (χ4v) is 4.03. The average molecular weight is 393 g/mol. The van der Waals surface area contributed by atoms with Crippen molar-refractivity contribution in [1.29, 1.82) is 0 Å². The number of carboxylic acids is 1. The number of hydrogen-bond donors (Lipinski definition) is 1. The molecule has 142 valence electrons. The molecule has 0 bridgehead atoms. The van der Waals surface area contributed by atoms with Crippen LogP contribution in [0.1, 0.15) is 34.8 Å². The van der Waals surface area contributed by atoms with E-state index in [2.05, 4.69) is 6.92 Å². The van der Waals surface area contributed by atoms with Crippen LogP contribution in [0, 0.1) is 0 Å². The summed E-state index contributed by atoms with van der Waals surface area (Å²) in [6.45, 7) is 2.11. The van der Waals surface area contributed by atoms with E-state index >= 15 is 0 Å². The van der Waals surface area contributed by atoms with E-state index in [0.29, 0.717) is 5.56 Å². The fourth-order valence-electron chi connectivity index (χ4n) is 3.83. The summed E-state index contributed by atoms with van der Waals surface area (Å²) >= 11 is 6.35. The summed E-state index contributed by atoms with van der Waals surface area (Å²) in [5.74, 6) is -0.115. The molecule has 0 aliphatic carbocycles. The number of hydrogen-bond acceptors (Lipinski definition) is 2. The summed E-state index contributed by atoms with van der Waals surface area (Å²) in [6.07, 6.45) is 2.54. The lowest BCUT2D eigenvalue weighted by Crippen LogP contribution is -2.38. The number of halogens is 1. The Kier molecular flexibility index (Phi) is 4.86. The first-order valence-electron chi connectivity index (χ1n) is 9.33. The van der Waals surface area contributed by atoms with Crippen LogP contribution in [0.4, 0.5) is 0 Å². The van der Waals surface area contributed by atoms with Crippen molar-refractivity contribution >= 4 is 17.6 Å². The van der Waals surface area contributed by atoms with Gasteiger partial charge in [-0.15, -0.1) is 0 Å². The number of benzene rings is 3. The molecule has 0 amide bonds. The third-order valence-electron chi connectivity index (χ3n) is 5.34. The van der Waals surface area contributed by atoms with Crippen molar-refractivity contribution in [3.05, 3.63) is 88.4 Å². The summed E-state index contributed by atoms with van der Waals surface area (Å²) in [6, 6.07) is 20.9. The highest BCUT2D eigenvalue weighted by Gasteiger charge is 2.32. The van der Waals surface area contributed by atoms with E-state index in [1.54, 1.807) is 12.1 Å². The van der Waals surface area contributed by atoms with E-state index in [1.165, 1.54) is 0 Å². The van der Waals surface area contributed by atoms with Crippen molar-refractivity contribution in [3.8, 4) is 16.9 Å². The van der Waals surface area contributed by atoms with Crippen LogP contribution in [0.25, 0.3) is 11.1 Å². The lowest BCUT2D eigenvalue weighted by Gasteiger charge is -2.36. The van der Waals surface area contributed by atoms with Crippen molar-refractivity contribution < 1.29 is 14.6 Å². The molecule has 0 spiro atoms. The lowest BCUT2D eigenvalue weighted by molar-refractivity contribution is 0.0653. The second kappa shape index (κ2) is 7.33. The number of carbonyl (C=O) groups is 1. The van der Waals surface area contributed by atoms with Gasteiger partial charge in [0.05, 0.1) is 5.56 Å². The SMILES string of the molecule is C[C@@]1(Cc2ccccc2Cl)CCc2ccc(-c3ccccc3C(=O)O)cc2O1. The molecule has 0 unspecified atom stereocenters. The molecule has 0 saturated heterocycles. The second-order valence-electron chi connectivity index (χ2n) is 7.49. The maximum atomic E-state index is 11.6. The molecule has 3 aromatic rings. The van der Waals surface area contributed by atoms with Crippen molar-refractivity contribution in [2.24, 2.45) is 0 Å². The Balaban J connectivity index is 1.67. The van der Waals surface area contributed by atoms with Crippen LogP contribution in [-0.2, 0) is 12.8 Å². The number of aryl methyl sites for hydroxylation is 1. The standard InChI is InChI=1S/C24H21ClO3/c1-24(15-18-6-2-5-9-21(18)25)13-12-16-10-11-17(14-22(16)28-24)19-7-3-4-8-20(19)23(26)27/h2-11,14H,12-13,15H2,1H3,(H,26,27)/t24-/m0/s1. The molecule has 28 heavy (non-hydrogen) atoms. The largest absolute Gasteiger partial charge is 0.487 e. The Hall–Kier alpha value is -2.78. The van der Waals surface area contributed by atoms with Crippen molar-refractivity contribution in [3.63, 3.8) is 0 Å². The Morgan fingerprint density at radius 3 is 2.64 bits per heavy atom. The molecule has 0 saturated carbocycles. The van der Waals surface area contributed by atoms with Crippen LogP contribution in [0.5, 0.6) is 5.75 Å². The number of aromatic carboxylic acids is 1. The van der Waals surface area contributed by atoms with E-state index in [4.69, 9.17) is 16.3 Å². The molecule has 0 radical (unpaired) electrons. The topological polar surface area (TPSA) is 46.5 Å². The summed E-state index contributed by atoms with van der Waals surface area (Å²) in [5.41, 5.74) is 3.69. The number of carboxylic acid groups (broad SMARTS) is 1. The van der Waals surface area contributed by atoms with Gasteiger partial charge in [0.25, 0.3) is 0 Å². The summed E-state index contributed by atoms with van der Waals surface area (Å²) < 4.78 is 6.43. The first-order chi connectivity index (χ1) is 13.5. The molecule has 1 aliphatic rings. The van der Waals surface area contributed by atoms with Crippen LogP contribution >= 0.6 is 11.6 Å². The summed E-state index contributed by atoms with van der Waals surface area (Å²) in [4.78, 5) is 11.6. The highest BCUT2D eigenvalue weighted by molar-refractivity contribution is 6.31. The zero-order chi connectivity index (χ0) is 19.7. The lowest BCUT2D eigenvalue weighted by atomic mass is 9.86. The van der Waals surface area contributed by atoms with E-state index in [0.717, 1.165) is 46.7 Å². The van der Waals surface area contributed by atoms with Gasteiger partial charge in [-0.25, -0.2) is 4.79 Å². The second-order valence-corrected chi connectivity index (χ2v) is 7.90. The van der Waals surface area contributed by atoms with Gasteiger partial charge in [-0.3, -0.25) is 0 Å². The van der Waals surface area contributed by atoms with E-state index in [9.17, 15) is 9.90 Å². The van der Waals surface area contributed by atoms with Gasteiger partial charge in [0, 0.05) is 11.4 Å². The van der Waals surface area contributed by atoms with Crippen molar-refractivity contribution in [1.82, 2.24) is 0 Å². The normalized spacial score (nSPS) is 18.2. The van der Waals surface area contributed by atoms with Crippen LogP contribution in [-0.4, -0.2) is 16.7 Å². The van der Waals surface area contributed by atoms with Crippen LogP contribution < -0.4 is 4.74 Å². The Labute approximate surface area is 169 Å². The zero-order valence-corrected chi connectivity index (χ0v) is 16.4. The minimum atomic E-state index is -0.933. The van der Waals surface area contributed by atoms with Gasteiger partial charge < -0.3 is 9.84 Å². The number of fused-ring (bicyclic) bond motifs is 1. The molecule has 1 aliphatic heterocycles. The van der Waals surface area contributed by atoms with Crippen LogP contribution in [0.3, 0.4) is 0 Å². The van der Waals surface area contributed by atoms with Gasteiger partial charge in [-0.2, -0.15) is 0 Å².